The van der Waals surface area contributed by atoms with Gasteiger partial charge in [-0.2, -0.15) is 0 Å². The van der Waals surface area contributed by atoms with Crippen molar-refractivity contribution in [3.05, 3.63) is 46.8 Å². The van der Waals surface area contributed by atoms with Crippen LogP contribution in [0.25, 0.3) is 0 Å². The van der Waals surface area contributed by atoms with Gasteiger partial charge in [-0.1, -0.05) is 6.07 Å². The van der Waals surface area contributed by atoms with Crippen LogP contribution in [0.3, 0.4) is 0 Å². The van der Waals surface area contributed by atoms with E-state index in [1.807, 2.05) is 12.1 Å². The van der Waals surface area contributed by atoms with Crippen LogP contribution in [0.1, 0.15) is 5.56 Å². The fourth-order valence-electron chi connectivity index (χ4n) is 1.51. The van der Waals surface area contributed by atoms with Gasteiger partial charge in [0.15, 0.2) is 0 Å². The molecule has 2 aromatic rings. The Labute approximate surface area is 92.3 Å². The minimum absolute atomic E-state index is 0.0631. The Hall–Kier alpha value is -2.08. The largest absolute Gasteiger partial charge is 0.328 e. The lowest BCUT2D eigenvalue weighted by atomic mass is 10.2. The number of nitrogen functional groups attached to an aromatic ring is 1. The van der Waals surface area contributed by atoms with Crippen molar-refractivity contribution in [2.24, 2.45) is 12.9 Å². The molecule has 0 amide bonds. The Balaban J connectivity index is 2.34. The zero-order chi connectivity index (χ0) is 11.5. The van der Waals surface area contributed by atoms with Crippen LogP contribution in [0.2, 0.25) is 0 Å². The van der Waals surface area contributed by atoms with E-state index < -0.39 is 0 Å². The molecule has 0 aromatic carbocycles. The van der Waals surface area contributed by atoms with Crippen LogP contribution in [-0.4, -0.2) is 14.1 Å². The first-order chi connectivity index (χ1) is 7.72. The molecule has 3 N–H and O–H groups in total. The van der Waals surface area contributed by atoms with Crippen molar-refractivity contribution in [3.8, 4) is 0 Å². The smallest absolute Gasteiger partial charge is 0.308 e. The standard InChI is InChI=1S/C10H13N5O/c1-14-5-6-15(10(14)16)7-8-3-2-4-12-9(8)13-11/h2-6H,7,11H2,1H3,(H,12,13). The predicted molar refractivity (Wildman–Crippen MR) is 60.8 cm³/mol. The molecule has 0 aliphatic heterocycles. The first kappa shape index (κ1) is 10.4. The van der Waals surface area contributed by atoms with E-state index in [1.165, 1.54) is 4.57 Å². The highest BCUT2D eigenvalue weighted by Crippen LogP contribution is 2.10. The van der Waals surface area contributed by atoms with Crippen molar-refractivity contribution in [2.45, 2.75) is 6.54 Å². The van der Waals surface area contributed by atoms with Crippen molar-refractivity contribution in [1.29, 1.82) is 0 Å². The molecule has 0 saturated heterocycles. The number of anilines is 1. The minimum atomic E-state index is -0.0631. The summed E-state index contributed by atoms with van der Waals surface area (Å²) in [7, 11) is 1.71. The number of imidazole rings is 1. The van der Waals surface area contributed by atoms with Crippen LogP contribution >= 0.6 is 0 Å². The zero-order valence-corrected chi connectivity index (χ0v) is 8.92. The predicted octanol–water partition coefficient (Wildman–Crippen LogP) is -0.0843. The molecule has 0 aliphatic rings. The SMILES string of the molecule is Cn1ccn(Cc2cccnc2NN)c1=O. The summed E-state index contributed by atoms with van der Waals surface area (Å²) in [6.07, 6.45) is 5.09. The lowest BCUT2D eigenvalue weighted by molar-refractivity contribution is 0.716. The Morgan fingerprint density at radius 1 is 1.50 bits per heavy atom. The lowest BCUT2D eigenvalue weighted by Gasteiger charge is -2.07. The summed E-state index contributed by atoms with van der Waals surface area (Å²) in [5.41, 5.74) is 3.32. The Bertz CT molecular complexity index is 542. The highest BCUT2D eigenvalue weighted by molar-refractivity contribution is 5.42. The number of aryl methyl sites for hydroxylation is 1. The number of hydrogen-bond donors (Lipinski definition) is 2. The maximum Gasteiger partial charge on any atom is 0.328 e. The van der Waals surface area contributed by atoms with Gasteiger partial charge in [-0.15, -0.1) is 0 Å². The molecule has 0 atom stereocenters. The van der Waals surface area contributed by atoms with E-state index in [4.69, 9.17) is 5.84 Å². The van der Waals surface area contributed by atoms with Gasteiger partial charge in [-0.3, -0.25) is 4.57 Å². The summed E-state index contributed by atoms with van der Waals surface area (Å²) in [6.45, 7) is 0.451. The lowest BCUT2D eigenvalue weighted by Crippen LogP contribution is -2.23. The van der Waals surface area contributed by atoms with Gasteiger partial charge in [0.05, 0.1) is 6.54 Å². The molecule has 2 heterocycles. The summed E-state index contributed by atoms with van der Waals surface area (Å²) in [5, 5.41) is 0. The number of aromatic nitrogens is 3. The van der Waals surface area contributed by atoms with Crippen LogP contribution in [0.5, 0.6) is 0 Å². The van der Waals surface area contributed by atoms with Gasteiger partial charge in [-0.05, 0) is 6.07 Å². The van der Waals surface area contributed by atoms with Crippen molar-refractivity contribution in [2.75, 3.05) is 5.43 Å². The van der Waals surface area contributed by atoms with Crippen LogP contribution in [0, 0.1) is 0 Å². The van der Waals surface area contributed by atoms with E-state index in [-0.39, 0.29) is 5.69 Å². The second-order valence-electron chi connectivity index (χ2n) is 3.47. The number of rotatable bonds is 3. The second-order valence-corrected chi connectivity index (χ2v) is 3.47. The second kappa shape index (κ2) is 4.19. The zero-order valence-electron chi connectivity index (χ0n) is 8.92. The van der Waals surface area contributed by atoms with Crippen molar-refractivity contribution < 1.29 is 0 Å². The van der Waals surface area contributed by atoms with E-state index in [0.717, 1.165) is 5.56 Å². The Morgan fingerprint density at radius 3 is 2.94 bits per heavy atom. The Kier molecular flexibility index (Phi) is 2.74. The maximum atomic E-state index is 11.6. The molecule has 2 aromatic heterocycles. The van der Waals surface area contributed by atoms with E-state index in [2.05, 4.69) is 10.4 Å². The molecular weight excluding hydrogens is 206 g/mol. The van der Waals surface area contributed by atoms with Gasteiger partial charge in [0.25, 0.3) is 0 Å². The third-order valence-corrected chi connectivity index (χ3v) is 2.39. The summed E-state index contributed by atoms with van der Waals surface area (Å²) in [5.74, 6) is 5.92. The number of nitrogens with one attached hydrogen (secondary N) is 1. The van der Waals surface area contributed by atoms with E-state index >= 15 is 0 Å². The summed E-state index contributed by atoms with van der Waals surface area (Å²) in [6, 6.07) is 3.69. The van der Waals surface area contributed by atoms with Crippen molar-refractivity contribution in [3.63, 3.8) is 0 Å². The maximum absolute atomic E-state index is 11.6. The monoisotopic (exact) mass is 219 g/mol. The average molecular weight is 219 g/mol. The normalized spacial score (nSPS) is 10.4. The first-order valence-electron chi connectivity index (χ1n) is 4.84. The molecule has 0 spiro atoms. The molecule has 0 unspecified atom stereocenters. The fraction of sp³-hybridized carbons (Fsp3) is 0.200. The van der Waals surface area contributed by atoms with Crippen molar-refractivity contribution >= 4 is 5.82 Å². The molecule has 0 fully saturated rings. The van der Waals surface area contributed by atoms with Crippen LogP contribution in [0.15, 0.2) is 35.5 Å². The van der Waals surface area contributed by atoms with Gasteiger partial charge in [0.1, 0.15) is 5.82 Å². The molecule has 0 aliphatic carbocycles. The molecule has 16 heavy (non-hydrogen) atoms. The van der Waals surface area contributed by atoms with Crippen LogP contribution in [-0.2, 0) is 13.6 Å². The first-order valence-corrected chi connectivity index (χ1v) is 4.84. The number of nitrogens with two attached hydrogens (primary N) is 1. The topological polar surface area (TPSA) is 77.9 Å². The molecule has 6 heteroatoms. The fourth-order valence-corrected chi connectivity index (χ4v) is 1.51. The minimum Gasteiger partial charge on any atom is -0.308 e. The van der Waals surface area contributed by atoms with E-state index in [1.54, 1.807) is 30.2 Å². The highest BCUT2D eigenvalue weighted by Gasteiger charge is 2.05. The number of nitrogens with zero attached hydrogens (tertiary/aromatic N) is 3. The molecule has 0 radical (unpaired) electrons. The van der Waals surface area contributed by atoms with Crippen molar-refractivity contribution in [1.82, 2.24) is 14.1 Å². The van der Waals surface area contributed by atoms with Gasteiger partial charge in [0, 0.05) is 31.2 Å². The molecule has 6 nitrogen and oxygen atoms in total. The van der Waals surface area contributed by atoms with Gasteiger partial charge in [-0.25, -0.2) is 15.6 Å². The number of hydrazine groups is 1. The molecular formula is C10H13N5O. The van der Waals surface area contributed by atoms with E-state index in [0.29, 0.717) is 12.4 Å². The van der Waals surface area contributed by atoms with Gasteiger partial charge in [0.2, 0.25) is 0 Å². The van der Waals surface area contributed by atoms with Crippen LogP contribution in [0.4, 0.5) is 5.82 Å². The van der Waals surface area contributed by atoms with Gasteiger partial charge >= 0.3 is 5.69 Å². The van der Waals surface area contributed by atoms with E-state index in [9.17, 15) is 4.79 Å². The molecule has 0 saturated carbocycles. The van der Waals surface area contributed by atoms with Crippen LogP contribution < -0.4 is 17.0 Å². The summed E-state index contributed by atoms with van der Waals surface area (Å²) < 4.78 is 3.11. The number of pyridine rings is 1. The molecule has 84 valence electrons. The molecule has 0 bridgehead atoms. The number of hydrogen-bond acceptors (Lipinski definition) is 4. The summed E-state index contributed by atoms with van der Waals surface area (Å²) >= 11 is 0. The van der Waals surface area contributed by atoms with Gasteiger partial charge < -0.3 is 9.99 Å². The summed E-state index contributed by atoms with van der Waals surface area (Å²) in [4.78, 5) is 15.7. The molecule has 2 rings (SSSR count). The Morgan fingerprint density at radius 2 is 2.31 bits per heavy atom. The average Bonchev–Trinajstić information content (AvgIpc) is 2.62. The third-order valence-electron chi connectivity index (χ3n) is 2.39. The highest BCUT2D eigenvalue weighted by atomic mass is 16.1. The quantitative estimate of drug-likeness (QED) is 0.559. The third kappa shape index (κ3) is 1.82.